The molecule has 7 heteroatoms. The minimum Gasteiger partial charge on any atom is -0.495 e. The summed E-state index contributed by atoms with van der Waals surface area (Å²) in [4.78, 5) is 0.0931. The van der Waals surface area contributed by atoms with E-state index in [2.05, 4.69) is 4.72 Å². The number of nitrogens with one attached hydrogen (secondary N) is 1. The Kier molecular flexibility index (Phi) is 5.46. The molecule has 1 aromatic heterocycles. The average Bonchev–Trinajstić information content (AvgIpc) is 3.03. The third-order valence-corrected chi connectivity index (χ3v) is 5.13. The summed E-state index contributed by atoms with van der Waals surface area (Å²) < 4.78 is 37.6. The topological polar surface area (TPSA) is 88.8 Å². The van der Waals surface area contributed by atoms with Crippen LogP contribution in [-0.2, 0) is 10.0 Å². The van der Waals surface area contributed by atoms with Gasteiger partial charge >= 0.3 is 0 Å². The van der Waals surface area contributed by atoms with Crippen molar-refractivity contribution in [3.8, 4) is 5.75 Å². The summed E-state index contributed by atoms with van der Waals surface area (Å²) in [6.45, 7) is 3.82. The number of aryl methyl sites for hydroxylation is 2. The molecule has 0 spiro atoms. The molecule has 6 nitrogen and oxygen atoms in total. The summed E-state index contributed by atoms with van der Waals surface area (Å²) in [5, 5.41) is 9.90. The molecule has 0 saturated heterocycles. The number of sulfonamides is 1. The van der Waals surface area contributed by atoms with Gasteiger partial charge in [-0.3, -0.25) is 0 Å². The molecule has 126 valence electrons. The van der Waals surface area contributed by atoms with E-state index >= 15 is 0 Å². The lowest BCUT2D eigenvalue weighted by Gasteiger charge is -2.14. The van der Waals surface area contributed by atoms with E-state index in [9.17, 15) is 13.5 Å². The fraction of sp³-hybridized carbons (Fsp3) is 0.375. The Labute approximate surface area is 136 Å². The number of ether oxygens (including phenoxy) is 1. The number of aliphatic hydroxyl groups excluding tert-OH is 1. The number of aliphatic hydroxyl groups is 1. The minimum atomic E-state index is -3.72. The molecule has 1 heterocycles. The molecule has 0 radical (unpaired) electrons. The molecule has 23 heavy (non-hydrogen) atoms. The molecular weight excluding hydrogens is 318 g/mol. The van der Waals surface area contributed by atoms with Crippen LogP contribution in [0.3, 0.4) is 0 Å². The number of rotatable bonds is 7. The van der Waals surface area contributed by atoms with Crippen LogP contribution >= 0.6 is 0 Å². The van der Waals surface area contributed by atoms with E-state index in [1.165, 1.54) is 13.4 Å². The van der Waals surface area contributed by atoms with Crippen molar-refractivity contribution in [1.29, 1.82) is 0 Å². The van der Waals surface area contributed by atoms with Crippen molar-refractivity contribution < 1.29 is 22.7 Å². The summed E-state index contributed by atoms with van der Waals surface area (Å²) in [5.74, 6) is 0.708. The zero-order valence-corrected chi connectivity index (χ0v) is 14.2. The highest BCUT2D eigenvalue weighted by atomic mass is 32.2. The van der Waals surface area contributed by atoms with Crippen molar-refractivity contribution in [3.05, 3.63) is 47.4 Å². The molecule has 1 unspecified atom stereocenters. The lowest BCUT2D eigenvalue weighted by molar-refractivity contribution is 0.141. The summed E-state index contributed by atoms with van der Waals surface area (Å²) in [7, 11) is -2.29. The van der Waals surface area contributed by atoms with Crippen LogP contribution in [0.5, 0.6) is 5.75 Å². The quantitative estimate of drug-likeness (QED) is 0.808. The summed E-state index contributed by atoms with van der Waals surface area (Å²) in [6, 6.07) is 6.59. The third kappa shape index (κ3) is 4.13. The Morgan fingerprint density at radius 1 is 1.30 bits per heavy atom. The first kappa shape index (κ1) is 17.5. The van der Waals surface area contributed by atoms with Gasteiger partial charge in [0, 0.05) is 6.54 Å². The van der Waals surface area contributed by atoms with Crippen LogP contribution in [0, 0.1) is 13.8 Å². The number of hydrogen-bond acceptors (Lipinski definition) is 5. The van der Waals surface area contributed by atoms with Crippen LogP contribution in [0.4, 0.5) is 0 Å². The van der Waals surface area contributed by atoms with Crippen LogP contribution in [0.2, 0.25) is 0 Å². The number of benzene rings is 1. The van der Waals surface area contributed by atoms with Crippen molar-refractivity contribution >= 4 is 10.0 Å². The minimum absolute atomic E-state index is 0.0836. The lowest BCUT2D eigenvalue weighted by atomic mass is 10.1. The summed E-state index contributed by atoms with van der Waals surface area (Å²) in [6.07, 6.45) is 0.817. The lowest BCUT2D eigenvalue weighted by Crippen LogP contribution is -2.26. The van der Waals surface area contributed by atoms with Gasteiger partial charge in [0.2, 0.25) is 10.0 Å². The van der Waals surface area contributed by atoms with Gasteiger partial charge < -0.3 is 14.3 Å². The van der Waals surface area contributed by atoms with Crippen LogP contribution in [-0.4, -0.2) is 27.2 Å². The molecule has 1 aromatic carbocycles. The highest BCUT2D eigenvalue weighted by Crippen LogP contribution is 2.27. The summed E-state index contributed by atoms with van der Waals surface area (Å²) in [5.41, 5.74) is 1.82. The first-order valence-electron chi connectivity index (χ1n) is 7.21. The molecule has 0 aliphatic heterocycles. The SMILES string of the molecule is COc1cc(C)c(C)cc1S(=O)(=O)NCCC(O)c1ccco1. The maximum atomic E-state index is 12.4. The second kappa shape index (κ2) is 7.16. The smallest absolute Gasteiger partial charge is 0.244 e. The van der Waals surface area contributed by atoms with E-state index in [0.29, 0.717) is 11.5 Å². The fourth-order valence-electron chi connectivity index (χ4n) is 2.16. The second-order valence-electron chi connectivity index (χ2n) is 5.30. The molecule has 2 rings (SSSR count). The number of methoxy groups -OCH3 is 1. The van der Waals surface area contributed by atoms with Gasteiger partial charge in [-0.25, -0.2) is 13.1 Å². The van der Waals surface area contributed by atoms with E-state index in [1.54, 1.807) is 24.3 Å². The first-order valence-corrected chi connectivity index (χ1v) is 8.70. The van der Waals surface area contributed by atoms with Gasteiger partial charge in [-0.2, -0.15) is 0 Å². The molecule has 0 bridgehead atoms. The monoisotopic (exact) mass is 339 g/mol. The highest BCUT2D eigenvalue weighted by Gasteiger charge is 2.21. The molecule has 2 N–H and O–H groups in total. The van der Waals surface area contributed by atoms with Crippen molar-refractivity contribution in [2.24, 2.45) is 0 Å². The largest absolute Gasteiger partial charge is 0.495 e. The second-order valence-corrected chi connectivity index (χ2v) is 7.04. The Morgan fingerprint density at radius 3 is 2.61 bits per heavy atom. The van der Waals surface area contributed by atoms with Gasteiger partial charge in [0.1, 0.15) is 22.5 Å². The van der Waals surface area contributed by atoms with Crippen LogP contribution in [0.1, 0.15) is 29.4 Å². The van der Waals surface area contributed by atoms with Gasteiger partial charge in [-0.15, -0.1) is 0 Å². The number of furan rings is 1. The fourth-order valence-corrected chi connectivity index (χ4v) is 3.44. The Morgan fingerprint density at radius 2 is 2.00 bits per heavy atom. The van der Waals surface area contributed by atoms with E-state index < -0.39 is 16.1 Å². The molecule has 0 saturated carbocycles. The molecule has 1 atom stereocenters. The molecule has 0 fully saturated rings. The molecular formula is C16H21NO5S. The molecule has 0 amide bonds. The van der Waals surface area contributed by atoms with Crippen LogP contribution < -0.4 is 9.46 Å². The average molecular weight is 339 g/mol. The molecule has 0 aliphatic rings. The van der Waals surface area contributed by atoms with Crippen LogP contribution in [0.15, 0.2) is 39.8 Å². The van der Waals surface area contributed by atoms with Crippen molar-refractivity contribution in [3.63, 3.8) is 0 Å². The first-order chi connectivity index (χ1) is 10.8. The molecule has 0 aliphatic carbocycles. The molecule has 2 aromatic rings. The van der Waals surface area contributed by atoms with Crippen molar-refractivity contribution in [2.45, 2.75) is 31.3 Å². The maximum absolute atomic E-state index is 12.4. The normalized spacial score (nSPS) is 13.0. The van der Waals surface area contributed by atoms with Gasteiger partial charge in [-0.1, -0.05) is 0 Å². The highest BCUT2D eigenvalue weighted by molar-refractivity contribution is 7.89. The van der Waals surface area contributed by atoms with E-state index in [1.807, 2.05) is 13.8 Å². The van der Waals surface area contributed by atoms with E-state index in [0.717, 1.165) is 11.1 Å². The van der Waals surface area contributed by atoms with Gasteiger partial charge in [0.15, 0.2) is 0 Å². The van der Waals surface area contributed by atoms with E-state index in [-0.39, 0.29) is 17.9 Å². The van der Waals surface area contributed by atoms with Crippen molar-refractivity contribution in [2.75, 3.05) is 13.7 Å². The third-order valence-electron chi connectivity index (χ3n) is 3.65. The maximum Gasteiger partial charge on any atom is 0.244 e. The van der Waals surface area contributed by atoms with Gasteiger partial charge in [0.05, 0.1) is 13.4 Å². The standard InChI is InChI=1S/C16H21NO5S/c1-11-9-15(21-3)16(10-12(11)2)23(19,20)17-7-6-13(18)14-5-4-8-22-14/h4-5,8-10,13,17-18H,6-7H2,1-3H3. The van der Waals surface area contributed by atoms with E-state index in [4.69, 9.17) is 9.15 Å². The van der Waals surface area contributed by atoms with Gasteiger partial charge in [-0.05, 0) is 55.7 Å². The van der Waals surface area contributed by atoms with Gasteiger partial charge in [0.25, 0.3) is 0 Å². The van der Waals surface area contributed by atoms with Crippen molar-refractivity contribution in [1.82, 2.24) is 4.72 Å². The Balaban J connectivity index is 2.09. The van der Waals surface area contributed by atoms with Crippen LogP contribution in [0.25, 0.3) is 0 Å². The Bertz CT molecular complexity index is 753. The number of hydrogen-bond donors (Lipinski definition) is 2. The Hall–Kier alpha value is -1.83. The predicted molar refractivity (Wildman–Crippen MR) is 85.9 cm³/mol. The zero-order chi connectivity index (χ0) is 17.0. The zero-order valence-electron chi connectivity index (χ0n) is 13.4. The predicted octanol–water partition coefficient (Wildman–Crippen LogP) is 2.31. The summed E-state index contributed by atoms with van der Waals surface area (Å²) >= 11 is 0.